The van der Waals surface area contributed by atoms with Gasteiger partial charge in [0.1, 0.15) is 24.6 Å². The van der Waals surface area contributed by atoms with Crippen molar-refractivity contribution in [2.45, 2.75) is 6.61 Å². The minimum atomic E-state index is -0.530. The van der Waals surface area contributed by atoms with Crippen LogP contribution in [0.2, 0.25) is 5.02 Å². The molecular formula is C21H19ClN2O4S. The predicted octanol–water partition coefficient (Wildman–Crippen LogP) is 3.49. The molecular weight excluding hydrogens is 412 g/mol. The molecule has 150 valence electrons. The van der Waals surface area contributed by atoms with Gasteiger partial charge in [0.15, 0.2) is 5.11 Å². The Hall–Kier alpha value is -2.90. The highest BCUT2D eigenvalue weighted by molar-refractivity contribution is 7.80. The van der Waals surface area contributed by atoms with E-state index in [9.17, 15) is 9.59 Å². The van der Waals surface area contributed by atoms with Crippen LogP contribution < -0.4 is 4.74 Å². The molecule has 1 saturated heterocycles. The summed E-state index contributed by atoms with van der Waals surface area (Å²) in [7, 11) is 2.95. The van der Waals surface area contributed by atoms with Gasteiger partial charge < -0.3 is 14.4 Å². The summed E-state index contributed by atoms with van der Waals surface area (Å²) in [6, 6.07) is 14.8. The van der Waals surface area contributed by atoms with Crippen molar-refractivity contribution in [3.63, 3.8) is 0 Å². The van der Waals surface area contributed by atoms with E-state index < -0.39 is 5.97 Å². The minimum absolute atomic E-state index is 0.215. The van der Waals surface area contributed by atoms with Crippen molar-refractivity contribution in [1.82, 2.24) is 9.80 Å². The first-order valence-electron chi connectivity index (χ1n) is 8.74. The maximum Gasteiger partial charge on any atom is 0.325 e. The third-order valence-electron chi connectivity index (χ3n) is 4.36. The first-order chi connectivity index (χ1) is 13.9. The van der Waals surface area contributed by atoms with Gasteiger partial charge in [-0.3, -0.25) is 14.5 Å². The van der Waals surface area contributed by atoms with Crippen molar-refractivity contribution in [3.8, 4) is 5.75 Å². The zero-order valence-corrected chi connectivity index (χ0v) is 17.5. The van der Waals surface area contributed by atoms with Crippen LogP contribution in [0.25, 0.3) is 6.08 Å². The first kappa shape index (κ1) is 20.8. The van der Waals surface area contributed by atoms with Gasteiger partial charge in [-0.1, -0.05) is 35.9 Å². The summed E-state index contributed by atoms with van der Waals surface area (Å²) in [6.45, 7) is 0.211. The molecule has 8 heteroatoms. The smallest absolute Gasteiger partial charge is 0.325 e. The highest BCUT2D eigenvalue weighted by atomic mass is 35.5. The van der Waals surface area contributed by atoms with Crippen LogP contribution in [0.1, 0.15) is 11.1 Å². The van der Waals surface area contributed by atoms with Gasteiger partial charge in [0, 0.05) is 12.1 Å². The number of thiocarbonyl (C=S) groups is 1. The fraction of sp³-hybridized carbons (Fsp3) is 0.190. The van der Waals surface area contributed by atoms with Crippen LogP contribution in [-0.2, 0) is 20.9 Å². The lowest BCUT2D eigenvalue weighted by molar-refractivity contribution is -0.143. The van der Waals surface area contributed by atoms with Crippen molar-refractivity contribution in [2.24, 2.45) is 0 Å². The molecule has 0 aliphatic carbocycles. The maximum absolute atomic E-state index is 12.6. The number of amides is 1. The second-order valence-electron chi connectivity index (χ2n) is 6.32. The third kappa shape index (κ3) is 4.93. The highest BCUT2D eigenvalue weighted by Crippen LogP contribution is 2.23. The molecule has 0 atom stereocenters. The molecule has 2 aromatic rings. The van der Waals surface area contributed by atoms with Gasteiger partial charge in [0.25, 0.3) is 5.91 Å². The number of hydrogen-bond acceptors (Lipinski definition) is 5. The van der Waals surface area contributed by atoms with Crippen LogP contribution in [0.3, 0.4) is 0 Å². The number of methoxy groups -OCH3 is 1. The van der Waals surface area contributed by atoms with Gasteiger partial charge in [-0.2, -0.15) is 0 Å². The summed E-state index contributed by atoms with van der Waals surface area (Å²) in [5.41, 5.74) is 2.20. The summed E-state index contributed by atoms with van der Waals surface area (Å²) < 4.78 is 10.4. The zero-order chi connectivity index (χ0) is 21.0. The first-order valence-corrected chi connectivity index (χ1v) is 9.53. The van der Waals surface area contributed by atoms with Crippen LogP contribution in [0.4, 0.5) is 0 Å². The molecule has 6 nitrogen and oxygen atoms in total. The second kappa shape index (κ2) is 9.07. The summed E-state index contributed by atoms with van der Waals surface area (Å²) in [4.78, 5) is 26.9. The lowest BCUT2D eigenvalue weighted by atomic mass is 10.1. The van der Waals surface area contributed by atoms with Crippen LogP contribution in [0.5, 0.6) is 5.75 Å². The number of rotatable bonds is 6. The van der Waals surface area contributed by atoms with Crippen molar-refractivity contribution in [2.75, 3.05) is 20.7 Å². The Bertz CT molecular complexity index is 958. The summed E-state index contributed by atoms with van der Waals surface area (Å²) >= 11 is 11.1. The minimum Gasteiger partial charge on any atom is -0.489 e. The molecule has 3 rings (SSSR count). The van der Waals surface area contributed by atoms with E-state index in [2.05, 4.69) is 4.74 Å². The van der Waals surface area contributed by atoms with E-state index in [-0.39, 0.29) is 17.6 Å². The van der Waals surface area contributed by atoms with E-state index in [0.717, 1.165) is 11.1 Å². The van der Waals surface area contributed by atoms with Crippen LogP contribution in [0, 0.1) is 0 Å². The molecule has 2 aromatic carbocycles. The van der Waals surface area contributed by atoms with E-state index in [1.165, 1.54) is 12.0 Å². The standard InChI is InChI=1S/C21H19ClN2O4S/c1-23-18(20(26)24(21(23)29)12-19(25)27-2)11-14-5-9-17(10-6-14)28-13-15-3-7-16(22)8-4-15/h3-11H,12-13H2,1-2H3/b18-11-. The van der Waals surface area contributed by atoms with Gasteiger partial charge in [-0.25, -0.2) is 0 Å². The largest absolute Gasteiger partial charge is 0.489 e. The molecule has 1 amide bonds. The van der Waals surface area contributed by atoms with Gasteiger partial charge >= 0.3 is 5.97 Å². The lowest BCUT2D eigenvalue weighted by Gasteiger charge is -2.14. The SMILES string of the molecule is COC(=O)CN1C(=O)/C(=C/c2ccc(OCc3ccc(Cl)cc3)cc2)N(C)C1=S. The number of ether oxygens (including phenoxy) is 2. The van der Waals surface area contributed by atoms with E-state index in [1.54, 1.807) is 18.0 Å². The number of carbonyl (C=O) groups excluding carboxylic acids is 2. The number of likely N-dealkylation sites (N-methyl/N-ethyl adjacent to an activating group) is 1. The number of carbonyl (C=O) groups is 2. The van der Waals surface area contributed by atoms with Crippen LogP contribution in [-0.4, -0.2) is 47.5 Å². The Morgan fingerprint density at radius 1 is 1.14 bits per heavy atom. The van der Waals surface area contributed by atoms with Crippen molar-refractivity contribution >= 4 is 46.9 Å². The number of nitrogens with zero attached hydrogens (tertiary/aromatic N) is 2. The molecule has 0 saturated carbocycles. The molecule has 1 aliphatic heterocycles. The third-order valence-corrected chi connectivity index (χ3v) is 5.11. The Labute approximate surface area is 179 Å². The summed E-state index contributed by atoms with van der Waals surface area (Å²) in [6.07, 6.45) is 1.72. The van der Waals surface area contributed by atoms with Crippen molar-refractivity contribution in [1.29, 1.82) is 0 Å². The number of halogens is 1. The van der Waals surface area contributed by atoms with Gasteiger partial charge in [-0.05, 0) is 53.7 Å². The van der Waals surface area contributed by atoms with Crippen LogP contribution in [0.15, 0.2) is 54.2 Å². The molecule has 0 radical (unpaired) electrons. The van der Waals surface area contributed by atoms with E-state index in [4.69, 9.17) is 28.6 Å². The topological polar surface area (TPSA) is 59.1 Å². The Morgan fingerprint density at radius 3 is 2.41 bits per heavy atom. The Morgan fingerprint density at radius 2 is 1.79 bits per heavy atom. The van der Waals surface area contributed by atoms with Crippen LogP contribution >= 0.6 is 23.8 Å². The number of hydrogen-bond donors (Lipinski definition) is 0. The fourth-order valence-electron chi connectivity index (χ4n) is 2.71. The molecule has 1 heterocycles. The molecule has 29 heavy (non-hydrogen) atoms. The monoisotopic (exact) mass is 430 g/mol. The molecule has 0 spiro atoms. The maximum atomic E-state index is 12.6. The zero-order valence-electron chi connectivity index (χ0n) is 15.9. The molecule has 0 bridgehead atoms. The molecule has 0 unspecified atom stereocenters. The number of esters is 1. The average molecular weight is 431 g/mol. The lowest BCUT2D eigenvalue weighted by Crippen LogP contribution is -2.36. The predicted molar refractivity (Wildman–Crippen MR) is 114 cm³/mol. The fourth-order valence-corrected chi connectivity index (χ4v) is 3.08. The van der Waals surface area contributed by atoms with Gasteiger partial charge in [-0.15, -0.1) is 0 Å². The van der Waals surface area contributed by atoms with E-state index in [0.29, 0.717) is 23.1 Å². The average Bonchev–Trinajstić information content (AvgIpc) is 2.92. The molecule has 1 aliphatic rings. The highest BCUT2D eigenvalue weighted by Gasteiger charge is 2.36. The normalized spacial score (nSPS) is 15.2. The number of benzene rings is 2. The Balaban J connectivity index is 1.68. The second-order valence-corrected chi connectivity index (χ2v) is 7.12. The summed E-state index contributed by atoms with van der Waals surface area (Å²) in [5.74, 6) is -0.167. The van der Waals surface area contributed by atoms with Gasteiger partial charge in [0.05, 0.1) is 7.11 Å². The summed E-state index contributed by atoms with van der Waals surface area (Å²) in [5, 5.41) is 0.941. The van der Waals surface area contributed by atoms with Crippen molar-refractivity contribution in [3.05, 3.63) is 70.4 Å². The molecule has 0 aromatic heterocycles. The van der Waals surface area contributed by atoms with Crippen molar-refractivity contribution < 1.29 is 19.1 Å². The molecule has 0 N–H and O–H groups in total. The quantitative estimate of drug-likeness (QED) is 0.397. The van der Waals surface area contributed by atoms with Gasteiger partial charge in [0.2, 0.25) is 0 Å². The van der Waals surface area contributed by atoms with E-state index >= 15 is 0 Å². The Kier molecular flexibility index (Phi) is 6.51. The molecule has 1 fully saturated rings. The van der Waals surface area contributed by atoms with E-state index in [1.807, 2.05) is 48.5 Å².